The van der Waals surface area contributed by atoms with Crippen LogP contribution in [0.2, 0.25) is 0 Å². The first-order valence-electron chi connectivity index (χ1n) is 5.72. The van der Waals surface area contributed by atoms with E-state index in [0.29, 0.717) is 18.8 Å². The van der Waals surface area contributed by atoms with Crippen LogP contribution < -0.4 is 0 Å². The molecule has 0 aromatic carbocycles. The maximum Gasteiger partial charge on any atom is 0.146 e. The summed E-state index contributed by atoms with van der Waals surface area (Å²) in [6, 6.07) is 0. The molecule has 0 aromatic rings. The number of fused-ring (bicyclic) bond motifs is 1. The zero-order valence-corrected chi connectivity index (χ0v) is 8.84. The van der Waals surface area contributed by atoms with Crippen molar-refractivity contribution in [3.63, 3.8) is 0 Å². The van der Waals surface area contributed by atoms with Crippen molar-refractivity contribution in [2.75, 3.05) is 0 Å². The smallest absolute Gasteiger partial charge is 0.146 e. The lowest BCUT2D eigenvalue weighted by Gasteiger charge is -2.37. The fraction of sp³-hybridized carbons (Fsp3) is 0.833. The molecule has 0 aromatic heterocycles. The second-order valence-corrected chi connectivity index (χ2v) is 4.88. The van der Waals surface area contributed by atoms with Gasteiger partial charge in [0.15, 0.2) is 0 Å². The normalized spacial score (nSPS) is 39.1. The van der Waals surface area contributed by atoms with Crippen LogP contribution in [0, 0.1) is 11.3 Å². The lowest BCUT2D eigenvalue weighted by molar-refractivity contribution is -0.145. The summed E-state index contributed by atoms with van der Waals surface area (Å²) in [6.07, 6.45) is 6.50. The second-order valence-electron chi connectivity index (χ2n) is 4.88. The molecule has 2 atom stereocenters. The summed E-state index contributed by atoms with van der Waals surface area (Å²) in [5, 5.41) is 0. The number of rotatable bonds is 0. The molecule has 2 saturated carbocycles. The molecule has 0 heterocycles. The van der Waals surface area contributed by atoms with Gasteiger partial charge in [-0.05, 0) is 38.5 Å². The van der Waals surface area contributed by atoms with Gasteiger partial charge in [-0.25, -0.2) is 0 Å². The van der Waals surface area contributed by atoms with Gasteiger partial charge in [0.2, 0.25) is 0 Å². The summed E-state index contributed by atoms with van der Waals surface area (Å²) in [6.45, 7) is 1.90. The average molecular weight is 194 g/mol. The van der Waals surface area contributed by atoms with Gasteiger partial charge in [-0.15, -0.1) is 0 Å². The van der Waals surface area contributed by atoms with Crippen LogP contribution in [-0.4, -0.2) is 11.6 Å². The van der Waals surface area contributed by atoms with E-state index in [1.165, 1.54) is 0 Å². The molecule has 2 aliphatic carbocycles. The fourth-order valence-electron chi connectivity index (χ4n) is 3.04. The van der Waals surface area contributed by atoms with Crippen LogP contribution >= 0.6 is 0 Å². The molecule has 2 nitrogen and oxygen atoms in total. The second kappa shape index (κ2) is 3.48. The Labute approximate surface area is 85.1 Å². The van der Waals surface area contributed by atoms with E-state index < -0.39 is 5.41 Å². The fourth-order valence-corrected chi connectivity index (χ4v) is 3.04. The largest absolute Gasteiger partial charge is 0.299 e. The Hall–Kier alpha value is -0.660. The van der Waals surface area contributed by atoms with Crippen molar-refractivity contribution in [3.05, 3.63) is 0 Å². The maximum absolute atomic E-state index is 12.0. The van der Waals surface area contributed by atoms with Crippen molar-refractivity contribution in [2.45, 2.75) is 51.9 Å². The molecule has 2 aliphatic rings. The van der Waals surface area contributed by atoms with Crippen molar-refractivity contribution in [1.82, 2.24) is 0 Å². The molecular formula is C12H18O2. The van der Waals surface area contributed by atoms with Crippen LogP contribution in [0.25, 0.3) is 0 Å². The predicted molar refractivity (Wildman–Crippen MR) is 53.9 cm³/mol. The Morgan fingerprint density at radius 1 is 1.00 bits per heavy atom. The third kappa shape index (κ3) is 1.32. The number of hydrogen-bond donors (Lipinski definition) is 0. The molecule has 0 aliphatic heterocycles. The molecule has 0 N–H and O–H groups in total. The summed E-state index contributed by atoms with van der Waals surface area (Å²) in [7, 11) is 0. The summed E-state index contributed by atoms with van der Waals surface area (Å²) in [5.41, 5.74) is -0.602. The van der Waals surface area contributed by atoms with E-state index in [4.69, 9.17) is 0 Å². The molecule has 0 bridgehead atoms. The Balaban J connectivity index is 2.33. The molecule has 2 fully saturated rings. The van der Waals surface area contributed by atoms with E-state index in [2.05, 4.69) is 0 Å². The predicted octanol–water partition coefficient (Wildman–Crippen LogP) is 2.51. The molecular weight excluding hydrogens is 176 g/mol. The Kier molecular flexibility index (Phi) is 2.46. The highest BCUT2D eigenvalue weighted by Gasteiger charge is 2.48. The quantitative estimate of drug-likeness (QED) is 0.555. The molecule has 0 spiro atoms. The standard InChI is InChI=1S/C12H18O2/c1-12-9(6-4-8-11(12)14)5-2-3-7-10(12)13/h9H,2-8H2,1H3/t9-,12+/m0/s1. The first kappa shape index (κ1) is 9.88. The first-order valence-corrected chi connectivity index (χ1v) is 5.72. The van der Waals surface area contributed by atoms with Gasteiger partial charge in [-0.2, -0.15) is 0 Å². The van der Waals surface area contributed by atoms with E-state index in [1.807, 2.05) is 6.92 Å². The number of hydrogen-bond acceptors (Lipinski definition) is 2. The molecule has 0 amide bonds. The van der Waals surface area contributed by atoms with Crippen LogP contribution in [0.3, 0.4) is 0 Å². The minimum Gasteiger partial charge on any atom is -0.299 e. The first-order chi connectivity index (χ1) is 6.65. The van der Waals surface area contributed by atoms with Gasteiger partial charge in [-0.3, -0.25) is 9.59 Å². The van der Waals surface area contributed by atoms with Gasteiger partial charge >= 0.3 is 0 Å². The third-order valence-corrected chi connectivity index (χ3v) is 4.14. The van der Waals surface area contributed by atoms with Gasteiger partial charge in [0.05, 0.1) is 5.41 Å². The number of carbonyl (C=O) groups is 2. The number of Topliss-reactive ketones (excluding diaryl/α,β-unsaturated/α-hetero) is 2. The van der Waals surface area contributed by atoms with E-state index >= 15 is 0 Å². The minimum absolute atomic E-state index is 0.209. The van der Waals surface area contributed by atoms with E-state index in [9.17, 15) is 9.59 Å². The topological polar surface area (TPSA) is 34.1 Å². The van der Waals surface area contributed by atoms with Crippen molar-refractivity contribution >= 4 is 11.6 Å². The van der Waals surface area contributed by atoms with Crippen LogP contribution in [0.5, 0.6) is 0 Å². The monoisotopic (exact) mass is 194 g/mol. The SMILES string of the molecule is C[C@]12C(=O)CCCC[C@H]1CCCC2=O. The van der Waals surface area contributed by atoms with Crippen LogP contribution in [0.4, 0.5) is 0 Å². The van der Waals surface area contributed by atoms with Gasteiger partial charge in [0, 0.05) is 12.8 Å². The van der Waals surface area contributed by atoms with Crippen LogP contribution in [0.15, 0.2) is 0 Å². The molecule has 0 unspecified atom stereocenters. The van der Waals surface area contributed by atoms with Crippen molar-refractivity contribution in [2.24, 2.45) is 11.3 Å². The highest BCUT2D eigenvalue weighted by atomic mass is 16.2. The van der Waals surface area contributed by atoms with Crippen molar-refractivity contribution in [1.29, 1.82) is 0 Å². The highest BCUT2D eigenvalue weighted by molar-refractivity contribution is 6.07. The minimum atomic E-state index is -0.602. The Bertz CT molecular complexity index is 269. The zero-order valence-electron chi connectivity index (χ0n) is 8.84. The van der Waals surface area contributed by atoms with E-state index in [1.54, 1.807) is 0 Å². The third-order valence-electron chi connectivity index (χ3n) is 4.14. The van der Waals surface area contributed by atoms with Gasteiger partial charge in [-0.1, -0.05) is 6.42 Å². The number of carbonyl (C=O) groups excluding carboxylic acids is 2. The van der Waals surface area contributed by atoms with Crippen molar-refractivity contribution < 1.29 is 9.59 Å². The molecule has 78 valence electrons. The summed E-state index contributed by atoms with van der Waals surface area (Å²) >= 11 is 0. The molecule has 14 heavy (non-hydrogen) atoms. The lowest BCUT2D eigenvalue weighted by Crippen LogP contribution is -2.44. The van der Waals surface area contributed by atoms with Crippen molar-refractivity contribution in [3.8, 4) is 0 Å². The highest BCUT2D eigenvalue weighted by Crippen LogP contribution is 2.44. The summed E-state index contributed by atoms with van der Waals surface area (Å²) in [4.78, 5) is 23.9. The van der Waals surface area contributed by atoms with Gasteiger partial charge in [0.25, 0.3) is 0 Å². The van der Waals surface area contributed by atoms with Gasteiger partial charge < -0.3 is 0 Å². The molecule has 2 heteroatoms. The van der Waals surface area contributed by atoms with E-state index in [-0.39, 0.29) is 11.6 Å². The van der Waals surface area contributed by atoms with Gasteiger partial charge in [0.1, 0.15) is 11.6 Å². The number of ketones is 2. The molecule has 2 rings (SSSR count). The lowest BCUT2D eigenvalue weighted by atomic mass is 9.63. The maximum atomic E-state index is 12.0. The van der Waals surface area contributed by atoms with Crippen LogP contribution in [0.1, 0.15) is 51.9 Å². The Morgan fingerprint density at radius 3 is 2.29 bits per heavy atom. The summed E-state index contributed by atoms with van der Waals surface area (Å²) < 4.78 is 0. The molecule has 0 radical (unpaired) electrons. The average Bonchev–Trinajstić information content (AvgIpc) is 2.31. The Morgan fingerprint density at radius 2 is 1.57 bits per heavy atom. The van der Waals surface area contributed by atoms with Crippen LogP contribution in [-0.2, 0) is 9.59 Å². The molecule has 0 saturated heterocycles. The zero-order chi connectivity index (χ0) is 10.2. The van der Waals surface area contributed by atoms with E-state index in [0.717, 1.165) is 32.1 Å². The summed E-state index contributed by atoms with van der Waals surface area (Å²) in [5.74, 6) is 0.768.